The Labute approximate surface area is 194 Å². The molecule has 1 fully saturated rings. The van der Waals surface area contributed by atoms with Crippen molar-refractivity contribution in [2.24, 2.45) is 5.92 Å². The fraction of sp³-hybridized carbons (Fsp3) is 0.286. The van der Waals surface area contributed by atoms with Gasteiger partial charge in [-0.1, -0.05) is 80.6 Å². The average molecular weight is 444 g/mol. The van der Waals surface area contributed by atoms with Crippen molar-refractivity contribution < 1.29 is 19.4 Å². The molecule has 0 saturated carbocycles. The highest BCUT2D eigenvalue weighted by atomic mass is 16.6. The number of hydrogen-bond donors (Lipinski definition) is 1. The molecule has 5 nitrogen and oxygen atoms in total. The first kappa shape index (κ1) is 22.6. The Balaban J connectivity index is 1.67. The van der Waals surface area contributed by atoms with Crippen LogP contribution >= 0.6 is 0 Å². The van der Waals surface area contributed by atoms with Crippen LogP contribution in [0.15, 0.2) is 78.9 Å². The van der Waals surface area contributed by atoms with Crippen molar-refractivity contribution in [1.29, 1.82) is 0 Å². The van der Waals surface area contributed by atoms with Gasteiger partial charge in [0, 0.05) is 0 Å². The van der Waals surface area contributed by atoms with Gasteiger partial charge in [0.25, 0.3) is 0 Å². The summed E-state index contributed by atoms with van der Waals surface area (Å²) in [5, 5.41) is 10.5. The summed E-state index contributed by atoms with van der Waals surface area (Å²) >= 11 is 0. The smallest absolute Gasteiger partial charge is 0.417 e. The number of hydrogen-bond acceptors (Lipinski definition) is 4. The molecule has 3 aromatic rings. The monoisotopic (exact) mass is 443 g/mol. The molecule has 0 spiro atoms. The molecule has 4 rings (SSSR count). The molecule has 33 heavy (non-hydrogen) atoms. The molecule has 0 unspecified atom stereocenters. The van der Waals surface area contributed by atoms with Crippen LogP contribution in [0.4, 0.5) is 4.79 Å². The number of phenolic OH excluding ortho intramolecular Hbond substituents is 1. The Hall–Kier alpha value is -3.60. The number of nitrogens with zero attached hydrogens (tertiary/aromatic N) is 1. The summed E-state index contributed by atoms with van der Waals surface area (Å²) in [6, 6.07) is 24.4. The lowest BCUT2D eigenvalue weighted by atomic mass is 9.87. The van der Waals surface area contributed by atoms with Gasteiger partial charge < -0.3 is 9.84 Å². The second-order valence-corrected chi connectivity index (χ2v) is 8.99. The zero-order valence-electron chi connectivity index (χ0n) is 19.0. The number of aromatic hydroxyl groups is 1. The van der Waals surface area contributed by atoms with Crippen LogP contribution in [0, 0.1) is 5.92 Å². The standard InChI is InChI=1S/C28H29NO4/c1-19(2)13-26(23-15-22(16-25(30)17-23)21-11-7-4-8-12-21)27(31)29-24(18-33-28(29)32)14-20-9-5-3-6-10-20/h3-12,15-17,19,24,26,30H,13-14,18H2,1-2H3/t24-,26-/m0/s1. The van der Waals surface area contributed by atoms with Gasteiger partial charge in [-0.05, 0) is 53.1 Å². The van der Waals surface area contributed by atoms with Crippen molar-refractivity contribution in [2.45, 2.75) is 38.6 Å². The molecule has 5 heteroatoms. The fourth-order valence-electron chi connectivity index (χ4n) is 4.42. The predicted molar refractivity (Wildman–Crippen MR) is 128 cm³/mol. The lowest BCUT2D eigenvalue weighted by Gasteiger charge is -2.27. The number of benzene rings is 3. The van der Waals surface area contributed by atoms with Gasteiger partial charge in [-0.25, -0.2) is 9.69 Å². The van der Waals surface area contributed by atoms with E-state index in [9.17, 15) is 14.7 Å². The quantitative estimate of drug-likeness (QED) is 0.503. The Morgan fingerprint density at radius 1 is 1.00 bits per heavy atom. The minimum absolute atomic E-state index is 0.0951. The van der Waals surface area contributed by atoms with Gasteiger partial charge in [-0.2, -0.15) is 0 Å². The maximum absolute atomic E-state index is 13.8. The van der Waals surface area contributed by atoms with Crippen molar-refractivity contribution in [3.05, 3.63) is 90.0 Å². The van der Waals surface area contributed by atoms with E-state index in [1.165, 1.54) is 4.90 Å². The number of phenols is 1. The Morgan fingerprint density at radius 3 is 2.33 bits per heavy atom. The minimum Gasteiger partial charge on any atom is -0.508 e. The lowest BCUT2D eigenvalue weighted by Crippen LogP contribution is -2.43. The highest BCUT2D eigenvalue weighted by Crippen LogP contribution is 2.34. The maximum Gasteiger partial charge on any atom is 0.417 e. The predicted octanol–water partition coefficient (Wildman–Crippen LogP) is 5.78. The molecule has 2 amide bonds. The van der Waals surface area contributed by atoms with Crippen molar-refractivity contribution in [3.63, 3.8) is 0 Å². The lowest BCUT2D eigenvalue weighted by molar-refractivity contribution is -0.131. The third-order valence-corrected chi connectivity index (χ3v) is 5.97. The summed E-state index contributed by atoms with van der Waals surface area (Å²) < 4.78 is 5.30. The number of ether oxygens (including phenoxy) is 1. The first-order valence-electron chi connectivity index (χ1n) is 11.4. The van der Waals surface area contributed by atoms with Gasteiger partial charge in [0.05, 0.1) is 12.0 Å². The van der Waals surface area contributed by atoms with Gasteiger partial charge >= 0.3 is 6.09 Å². The number of carbonyl (C=O) groups is 2. The van der Waals surface area contributed by atoms with E-state index in [4.69, 9.17) is 4.74 Å². The Morgan fingerprint density at radius 2 is 1.67 bits per heavy atom. The third-order valence-electron chi connectivity index (χ3n) is 5.97. The maximum atomic E-state index is 13.8. The number of cyclic esters (lactones) is 1. The number of imide groups is 1. The van der Waals surface area contributed by atoms with E-state index in [0.717, 1.165) is 16.7 Å². The van der Waals surface area contributed by atoms with Crippen LogP contribution in [0.2, 0.25) is 0 Å². The second-order valence-electron chi connectivity index (χ2n) is 8.99. The Kier molecular flexibility index (Phi) is 6.78. The molecule has 1 N–H and O–H groups in total. The Bertz CT molecular complexity index is 1110. The molecule has 1 aliphatic rings. The molecule has 0 aliphatic carbocycles. The molecular weight excluding hydrogens is 414 g/mol. The van der Waals surface area contributed by atoms with Crippen LogP contribution in [0.3, 0.4) is 0 Å². The molecule has 3 aromatic carbocycles. The van der Waals surface area contributed by atoms with Crippen molar-refractivity contribution in [1.82, 2.24) is 4.90 Å². The third kappa shape index (κ3) is 5.25. The summed E-state index contributed by atoms with van der Waals surface area (Å²) in [6.45, 7) is 4.28. The SMILES string of the molecule is CC(C)C[C@H](C(=O)N1C(=O)OC[C@@H]1Cc1ccccc1)c1cc(O)cc(-c2ccccc2)c1. The highest BCUT2D eigenvalue weighted by molar-refractivity contribution is 5.97. The van der Waals surface area contributed by atoms with Crippen molar-refractivity contribution >= 4 is 12.0 Å². The van der Waals surface area contributed by atoms with E-state index >= 15 is 0 Å². The van der Waals surface area contributed by atoms with Gasteiger partial charge in [0.2, 0.25) is 5.91 Å². The molecule has 0 radical (unpaired) electrons. The van der Waals surface area contributed by atoms with Gasteiger partial charge in [0.15, 0.2) is 0 Å². The fourth-order valence-corrected chi connectivity index (χ4v) is 4.42. The molecule has 1 heterocycles. The normalized spacial score (nSPS) is 16.6. The number of rotatable bonds is 7. The minimum atomic E-state index is -0.599. The van der Waals surface area contributed by atoms with E-state index in [-0.39, 0.29) is 30.2 Å². The van der Waals surface area contributed by atoms with E-state index < -0.39 is 12.0 Å². The van der Waals surface area contributed by atoms with Crippen molar-refractivity contribution in [3.8, 4) is 16.9 Å². The number of carbonyl (C=O) groups excluding carboxylic acids is 2. The molecule has 170 valence electrons. The molecule has 0 aromatic heterocycles. The molecular formula is C28H29NO4. The molecule has 2 atom stereocenters. The second kappa shape index (κ2) is 9.90. The van der Waals surface area contributed by atoms with Gasteiger partial charge in [-0.3, -0.25) is 4.79 Å². The summed E-state index contributed by atoms with van der Waals surface area (Å²) in [7, 11) is 0. The average Bonchev–Trinajstić information content (AvgIpc) is 3.17. The highest BCUT2D eigenvalue weighted by Gasteiger charge is 2.41. The van der Waals surface area contributed by atoms with Crippen LogP contribution in [0.5, 0.6) is 5.75 Å². The van der Waals surface area contributed by atoms with Crippen LogP contribution in [-0.2, 0) is 16.0 Å². The first-order chi connectivity index (χ1) is 15.9. The largest absolute Gasteiger partial charge is 0.508 e. The van der Waals surface area contributed by atoms with E-state index in [1.54, 1.807) is 12.1 Å². The number of amides is 2. The van der Waals surface area contributed by atoms with Crippen molar-refractivity contribution in [2.75, 3.05) is 6.61 Å². The molecule has 1 saturated heterocycles. The molecule has 0 bridgehead atoms. The van der Waals surface area contributed by atoms with Gasteiger partial charge in [0.1, 0.15) is 12.4 Å². The van der Waals surface area contributed by atoms with E-state index in [0.29, 0.717) is 18.4 Å². The van der Waals surface area contributed by atoms with Crippen LogP contribution < -0.4 is 0 Å². The van der Waals surface area contributed by atoms with Crippen LogP contribution in [0.25, 0.3) is 11.1 Å². The van der Waals surface area contributed by atoms with Crippen LogP contribution in [0.1, 0.15) is 37.3 Å². The summed E-state index contributed by atoms with van der Waals surface area (Å²) in [5.41, 5.74) is 3.53. The van der Waals surface area contributed by atoms with Gasteiger partial charge in [-0.15, -0.1) is 0 Å². The summed E-state index contributed by atoms with van der Waals surface area (Å²) in [4.78, 5) is 27.7. The molecule has 1 aliphatic heterocycles. The van der Waals surface area contributed by atoms with E-state index in [2.05, 4.69) is 0 Å². The zero-order chi connectivity index (χ0) is 23.4. The summed E-state index contributed by atoms with van der Waals surface area (Å²) in [6.07, 6.45) is 0.499. The zero-order valence-corrected chi connectivity index (χ0v) is 19.0. The van der Waals surface area contributed by atoms with Crippen LogP contribution in [-0.4, -0.2) is 34.7 Å². The van der Waals surface area contributed by atoms with E-state index in [1.807, 2.05) is 80.6 Å². The topological polar surface area (TPSA) is 66.8 Å². The summed E-state index contributed by atoms with van der Waals surface area (Å²) in [5.74, 6) is -0.536. The first-order valence-corrected chi connectivity index (χ1v) is 11.4.